The highest BCUT2D eigenvalue weighted by Crippen LogP contribution is 2.11. The average Bonchev–Trinajstić information content (AvgIpc) is 2.35. The molecule has 1 fully saturated rings. The van der Waals surface area contributed by atoms with Gasteiger partial charge in [-0.2, -0.15) is 0 Å². The molecule has 1 saturated heterocycles. The van der Waals surface area contributed by atoms with Crippen LogP contribution in [-0.2, 0) is 0 Å². The van der Waals surface area contributed by atoms with E-state index in [9.17, 15) is 0 Å². The summed E-state index contributed by atoms with van der Waals surface area (Å²) in [6, 6.07) is 6.62. The van der Waals surface area contributed by atoms with Gasteiger partial charge in [0.15, 0.2) is 0 Å². The van der Waals surface area contributed by atoms with Crippen molar-refractivity contribution in [2.75, 3.05) is 32.7 Å². The van der Waals surface area contributed by atoms with Crippen molar-refractivity contribution in [2.45, 2.75) is 13.8 Å². The molecule has 2 rings (SSSR count). The molecule has 1 radical (unpaired) electrons. The third-order valence-electron chi connectivity index (χ3n) is 3.35. The number of aryl methyl sites for hydroxylation is 2. The minimum atomic E-state index is 0.997. The van der Waals surface area contributed by atoms with E-state index >= 15 is 0 Å². The number of hydrogen-bond acceptors (Lipinski definition) is 1. The molecule has 0 N–H and O–H groups in total. The molecular formula is C15H21N2. The lowest BCUT2D eigenvalue weighted by atomic mass is 10.1. The van der Waals surface area contributed by atoms with Gasteiger partial charge >= 0.3 is 0 Å². The molecule has 1 aromatic rings. The molecule has 0 aromatic heterocycles. The van der Waals surface area contributed by atoms with Gasteiger partial charge in [-0.1, -0.05) is 30.4 Å². The SMILES string of the molecule is Cc1ccc(/C=C/CN2CC[N]CC2)cc1C. The first kappa shape index (κ1) is 12.3. The van der Waals surface area contributed by atoms with Crippen LogP contribution in [-0.4, -0.2) is 37.6 Å². The van der Waals surface area contributed by atoms with Gasteiger partial charge < -0.3 is 0 Å². The zero-order chi connectivity index (χ0) is 12.1. The number of hydrogen-bond donors (Lipinski definition) is 0. The lowest BCUT2D eigenvalue weighted by Crippen LogP contribution is -2.40. The Balaban J connectivity index is 1.88. The molecule has 1 aromatic carbocycles. The lowest BCUT2D eigenvalue weighted by molar-refractivity contribution is 0.262. The third-order valence-corrected chi connectivity index (χ3v) is 3.35. The Labute approximate surface area is 104 Å². The van der Waals surface area contributed by atoms with Crippen LogP contribution in [0.2, 0.25) is 0 Å². The van der Waals surface area contributed by atoms with Gasteiger partial charge in [0.05, 0.1) is 0 Å². The first-order chi connectivity index (χ1) is 8.25. The first-order valence-electron chi connectivity index (χ1n) is 6.35. The maximum absolute atomic E-state index is 4.35. The minimum Gasteiger partial charge on any atom is -0.297 e. The molecule has 1 aliphatic heterocycles. The van der Waals surface area contributed by atoms with Gasteiger partial charge in [0.25, 0.3) is 0 Å². The van der Waals surface area contributed by atoms with Crippen LogP contribution in [0.3, 0.4) is 0 Å². The monoisotopic (exact) mass is 229 g/mol. The molecule has 2 nitrogen and oxygen atoms in total. The summed E-state index contributed by atoms with van der Waals surface area (Å²) < 4.78 is 0. The molecule has 17 heavy (non-hydrogen) atoms. The molecule has 0 atom stereocenters. The van der Waals surface area contributed by atoms with Crippen LogP contribution in [0, 0.1) is 13.8 Å². The third kappa shape index (κ3) is 3.69. The molecule has 0 unspecified atom stereocenters. The average molecular weight is 229 g/mol. The molecule has 0 spiro atoms. The second-order valence-electron chi connectivity index (χ2n) is 4.72. The van der Waals surface area contributed by atoms with Crippen molar-refractivity contribution in [3.63, 3.8) is 0 Å². The van der Waals surface area contributed by atoms with Crippen LogP contribution in [0.25, 0.3) is 6.08 Å². The lowest BCUT2D eigenvalue weighted by Gasteiger charge is -2.24. The normalized spacial score (nSPS) is 17.8. The summed E-state index contributed by atoms with van der Waals surface area (Å²) in [5, 5.41) is 4.35. The standard InChI is InChI=1S/C15H21N2/c1-13-5-6-15(12-14(13)2)4-3-9-17-10-7-16-8-11-17/h3-6,12H,7-11H2,1-2H3/b4-3+. The van der Waals surface area contributed by atoms with Crippen molar-refractivity contribution in [3.8, 4) is 0 Å². The molecule has 2 heteroatoms. The summed E-state index contributed by atoms with van der Waals surface area (Å²) in [4.78, 5) is 2.45. The van der Waals surface area contributed by atoms with Crippen molar-refractivity contribution in [2.24, 2.45) is 0 Å². The molecule has 91 valence electrons. The zero-order valence-corrected chi connectivity index (χ0v) is 10.8. The number of rotatable bonds is 3. The summed E-state index contributed by atoms with van der Waals surface area (Å²) in [5.74, 6) is 0. The minimum absolute atomic E-state index is 0.997. The largest absolute Gasteiger partial charge is 0.297 e. The molecule has 0 aliphatic carbocycles. The predicted octanol–water partition coefficient (Wildman–Crippen LogP) is 2.24. The Morgan fingerprint density at radius 1 is 1.18 bits per heavy atom. The Bertz CT molecular complexity index is 390. The van der Waals surface area contributed by atoms with E-state index < -0.39 is 0 Å². The smallest absolute Gasteiger partial charge is 0.0261 e. The van der Waals surface area contributed by atoms with Crippen molar-refractivity contribution >= 4 is 6.08 Å². The van der Waals surface area contributed by atoms with Gasteiger partial charge in [-0.15, -0.1) is 0 Å². The number of piperazine rings is 1. The summed E-state index contributed by atoms with van der Waals surface area (Å²) in [6.07, 6.45) is 4.48. The molecule has 0 amide bonds. The predicted molar refractivity (Wildman–Crippen MR) is 73.3 cm³/mol. The van der Waals surface area contributed by atoms with Gasteiger partial charge in [-0.25, -0.2) is 5.32 Å². The van der Waals surface area contributed by atoms with Crippen molar-refractivity contribution in [1.29, 1.82) is 0 Å². The van der Waals surface area contributed by atoms with E-state index in [2.05, 4.69) is 54.4 Å². The van der Waals surface area contributed by atoms with Crippen LogP contribution < -0.4 is 5.32 Å². The molecule has 0 saturated carbocycles. The fraction of sp³-hybridized carbons (Fsp3) is 0.467. The first-order valence-corrected chi connectivity index (χ1v) is 6.35. The highest BCUT2D eigenvalue weighted by atomic mass is 15.2. The van der Waals surface area contributed by atoms with Crippen molar-refractivity contribution in [3.05, 3.63) is 41.0 Å². The number of nitrogens with zero attached hydrogens (tertiary/aromatic N) is 2. The van der Waals surface area contributed by atoms with Gasteiger partial charge in [-0.3, -0.25) is 4.90 Å². The van der Waals surface area contributed by atoms with Crippen LogP contribution in [0.4, 0.5) is 0 Å². The van der Waals surface area contributed by atoms with Crippen molar-refractivity contribution in [1.82, 2.24) is 10.2 Å². The van der Waals surface area contributed by atoms with Crippen LogP contribution >= 0.6 is 0 Å². The summed E-state index contributed by atoms with van der Waals surface area (Å²) in [7, 11) is 0. The Hall–Kier alpha value is -1.12. The topological polar surface area (TPSA) is 17.3 Å². The second-order valence-corrected chi connectivity index (χ2v) is 4.72. The fourth-order valence-corrected chi connectivity index (χ4v) is 2.04. The molecule has 1 aliphatic rings. The zero-order valence-electron chi connectivity index (χ0n) is 10.8. The molecule has 1 heterocycles. The van der Waals surface area contributed by atoms with Gasteiger partial charge in [0.1, 0.15) is 0 Å². The van der Waals surface area contributed by atoms with Crippen LogP contribution in [0.15, 0.2) is 24.3 Å². The maximum atomic E-state index is 4.35. The maximum Gasteiger partial charge on any atom is 0.0261 e. The van der Waals surface area contributed by atoms with E-state index in [0.29, 0.717) is 0 Å². The van der Waals surface area contributed by atoms with E-state index in [-0.39, 0.29) is 0 Å². The van der Waals surface area contributed by atoms with E-state index in [1.807, 2.05) is 0 Å². The van der Waals surface area contributed by atoms with Crippen LogP contribution in [0.1, 0.15) is 16.7 Å². The van der Waals surface area contributed by atoms with E-state index in [0.717, 1.165) is 32.7 Å². The summed E-state index contributed by atoms with van der Waals surface area (Å²) >= 11 is 0. The highest BCUT2D eigenvalue weighted by molar-refractivity contribution is 5.51. The number of benzene rings is 1. The fourth-order valence-electron chi connectivity index (χ4n) is 2.04. The quantitative estimate of drug-likeness (QED) is 0.777. The van der Waals surface area contributed by atoms with Gasteiger partial charge in [-0.05, 0) is 30.5 Å². The Morgan fingerprint density at radius 3 is 2.65 bits per heavy atom. The molecule has 0 bridgehead atoms. The summed E-state index contributed by atoms with van der Waals surface area (Å²) in [6.45, 7) is 9.57. The van der Waals surface area contributed by atoms with Gasteiger partial charge in [0.2, 0.25) is 0 Å². The van der Waals surface area contributed by atoms with E-state index in [1.165, 1.54) is 16.7 Å². The highest BCUT2D eigenvalue weighted by Gasteiger charge is 2.07. The van der Waals surface area contributed by atoms with E-state index in [4.69, 9.17) is 0 Å². The van der Waals surface area contributed by atoms with E-state index in [1.54, 1.807) is 0 Å². The Morgan fingerprint density at radius 2 is 1.94 bits per heavy atom. The Kier molecular flexibility index (Phi) is 4.35. The molecular weight excluding hydrogens is 208 g/mol. The van der Waals surface area contributed by atoms with Gasteiger partial charge in [0, 0.05) is 32.7 Å². The van der Waals surface area contributed by atoms with Crippen molar-refractivity contribution < 1.29 is 0 Å². The second kappa shape index (κ2) is 5.99. The van der Waals surface area contributed by atoms with Crippen LogP contribution in [0.5, 0.6) is 0 Å². The summed E-state index contributed by atoms with van der Waals surface area (Å²) in [5.41, 5.74) is 4.03.